The number of hydrogen-bond acceptors (Lipinski definition) is 2. The highest BCUT2D eigenvalue weighted by Gasteiger charge is 2.43. The lowest BCUT2D eigenvalue weighted by Crippen LogP contribution is -2.59. The van der Waals surface area contributed by atoms with Gasteiger partial charge in [0.05, 0.1) is 0 Å². The van der Waals surface area contributed by atoms with Gasteiger partial charge < -0.3 is 10.2 Å². The van der Waals surface area contributed by atoms with Crippen molar-refractivity contribution in [2.24, 2.45) is 5.92 Å². The molecule has 4 nitrogen and oxygen atoms in total. The van der Waals surface area contributed by atoms with Crippen LogP contribution in [0.25, 0.3) is 0 Å². The van der Waals surface area contributed by atoms with E-state index in [2.05, 4.69) is 27.2 Å². The van der Waals surface area contributed by atoms with Crippen LogP contribution in [-0.2, 0) is 12.8 Å². The molecule has 1 N–H and O–H groups in total. The average molecular weight is 408 g/mol. The molecule has 0 bridgehead atoms. The molecule has 2 aromatic carbocycles. The summed E-state index contributed by atoms with van der Waals surface area (Å²) in [6.45, 7) is 3.52. The van der Waals surface area contributed by atoms with Crippen LogP contribution in [0, 0.1) is 11.7 Å². The Hall–Kier alpha value is -2.40. The molecular weight excluding hydrogens is 377 g/mol. The number of fused-ring (bicyclic) bond motifs is 4. The zero-order valence-electron chi connectivity index (χ0n) is 17.4. The highest BCUT2D eigenvalue weighted by atomic mass is 19.1. The van der Waals surface area contributed by atoms with E-state index in [-0.39, 0.29) is 23.9 Å². The second kappa shape index (κ2) is 8.38. The van der Waals surface area contributed by atoms with Gasteiger partial charge in [0.25, 0.3) is 0 Å². The molecule has 3 heterocycles. The monoisotopic (exact) mass is 407 g/mol. The predicted octanol–water partition coefficient (Wildman–Crippen LogP) is 4.16. The second-order valence-corrected chi connectivity index (χ2v) is 8.97. The van der Waals surface area contributed by atoms with E-state index in [0.717, 1.165) is 50.9 Å². The average Bonchev–Trinajstić information content (AvgIpc) is 2.78. The van der Waals surface area contributed by atoms with Gasteiger partial charge in [0.2, 0.25) is 0 Å². The number of urea groups is 1. The Kier molecular flexibility index (Phi) is 5.47. The molecular formula is C25H30FN3O. The van der Waals surface area contributed by atoms with Gasteiger partial charge in [0.15, 0.2) is 0 Å². The molecule has 0 spiro atoms. The minimum atomic E-state index is -0.156. The topological polar surface area (TPSA) is 35.6 Å². The maximum Gasteiger partial charge on any atom is 0.317 e. The lowest BCUT2D eigenvalue weighted by atomic mass is 9.76. The first-order valence-corrected chi connectivity index (χ1v) is 11.3. The van der Waals surface area contributed by atoms with Gasteiger partial charge in [0.1, 0.15) is 5.82 Å². The first-order valence-electron chi connectivity index (χ1n) is 11.3. The summed E-state index contributed by atoms with van der Waals surface area (Å²) in [4.78, 5) is 17.6. The van der Waals surface area contributed by atoms with Crippen LogP contribution in [-0.4, -0.2) is 48.1 Å². The molecule has 0 unspecified atom stereocenters. The van der Waals surface area contributed by atoms with Crippen LogP contribution < -0.4 is 5.32 Å². The van der Waals surface area contributed by atoms with Crippen molar-refractivity contribution in [3.63, 3.8) is 0 Å². The largest absolute Gasteiger partial charge is 0.338 e. The van der Waals surface area contributed by atoms with Crippen molar-refractivity contribution in [1.29, 1.82) is 0 Å². The third kappa shape index (κ3) is 3.83. The van der Waals surface area contributed by atoms with Crippen molar-refractivity contribution < 1.29 is 9.18 Å². The maximum atomic E-state index is 14.0. The molecule has 0 saturated carbocycles. The van der Waals surface area contributed by atoms with Gasteiger partial charge in [-0.3, -0.25) is 4.90 Å². The normalized spacial score (nSPS) is 25.8. The fraction of sp³-hybridized carbons (Fsp3) is 0.480. The molecule has 5 rings (SSSR count). The first-order chi connectivity index (χ1) is 14.7. The summed E-state index contributed by atoms with van der Waals surface area (Å²) in [5.41, 5.74) is 3.64. The molecule has 5 heteroatoms. The molecule has 2 aromatic rings. The van der Waals surface area contributed by atoms with Crippen LogP contribution in [0.5, 0.6) is 0 Å². The third-order valence-electron chi connectivity index (χ3n) is 7.22. The van der Waals surface area contributed by atoms with Gasteiger partial charge in [0, 0.05) is 38.3 Å². The Bertz CT molecular complexity index is 903. The number of carbonyl (C=O) groups excluding carboxylic acids is 1. The Labute approximate surface area is 178 Å². The van der Waals surface area contributed by atoms with Crippen molar-refractivity contribution in [3.05, 3.63) is 71.0 Å². The Morgan fingerprint density at radius 3 is 2.87 bits per heavy atom. The van der Waals surface area contributed by atoms with Gasteiger partial charge in [-0.1, -0.05) is 36.4 Å². The molecule has 3 aliphatic heterocycles. The molecule has 2 saturated heterocycles. The number of nitrogens with one attached hydrogen (secondary N) is 1. The lowest BCUT2D eigenvalue weighted by Gasteiger charge is -2.52. The van der Waals surface area contributed by atoms with E-state index in [4.69, 9.17) is 0 Å². The molecule has 158 valence electrons. The predicted molar refractivity (Wildman–Crippen MR) is 116 cm³/mol. The molecule has 0 radical (unpaired) electrons. The summed E-state index contributed by atoms with van der Waals surface area (Å²) < 4.78 is 14.0. The number of piperidine rings is 2. The van der Waals surface area contributed by atoms with E-state index in [1.165, 1.54) is 17.5 Å². The SMILES string of the molecule is O=C(NCCc1ccccc1)N1CCC[C@H]2CN3CCc4ccc(F)cc4[C@H]3C[C@H]21. The quantitative estimate of drug-likeness (QED) is 0.829. The van der Waals surface area contributed by atoms with Crippen LogP contribution in [0.2, 0.25) is 0 Å². The molecule has 0 aromatic heterocycles. The van der Waals surface area contributed by atoms with Crippen molar-refractivity contribution in [2.45, 2.75) is 44.2 Å². The van der Waals surface area contributed by atoms with E-state index in [0.29, 0.717) is 12.5 Å². The van der Waals surface area contributed by atoms with Crippen molar-refractivity contribution in [2.75, 3.05) is 26.2 Å². The minimum Gasteiger partial charge on any atom is -0.338 e. The Morgan fingerprint density at radius 1 is 1.13 bits per heavy atom. The highest BCUT2D eigenvalue weighted by Crippen LogP contribution is 2.43. The number of halogens is 1. The number of amides is 2. The van der Waals surface area contributed by atoms with Gasteiger partial charge in [-0.2, -0.15) is 0 Å². The molecule has 3 atom stereocenters. The van der Waals surface area contributed by atoms with Crippen LogP contribution in [0.4, 0.5) is 9.18 Å². The summed E-state index contributed by atoms with van der Waals surface area (Å²) in [6, 6.07) is 16.0. The number of likely N-dealkylation sites (tertiary alicyclic amines) is 1. The number of rotatable bonds is 3. The molecule has 2 fully saturated rings. The van der Waals surface area contributed by atoms with Crippen LogP contribution in [0.15, 0.2) is 48.5 Å². The number of hydrogen-bond donors (Lipinski definition) is 1. The van der Waals surface area contributed by atoms with Crippen LogP contribution in [0.3, 0.4) is 0 Å². The maximum absolute atomic E-state index is 14.0. The van der Waals surface area contributed by atoms with E-state index < -0.39 is 0 Å². The standard InChI is InChI=1S/C25H30FN3O/c26-21-9-8-19-11-14-28-17-20-7-4-13-29(23(20)16-24(28)22(19)15-21)25(30)27-12-10-18-5-2-1-3-6-18/h1-3,5-6,8-9,15,20,23-24H,4,7,10-14,16-17H2,(H,27,30)/t20-,23+,24+/m0/s1. The molecule has 0 aliphatic carbocycles. The Balaban J connectivity index is 1.28. The number of benzene rings is 2. The second-order valence-electron chi connectivity index (χ2n) is 8.97. The van der Waals surface area contributed by atoms with Gasteiger partial charge in [-0.15, -0.1) is 0 Å². The Morgan fingerprint density at radius 2 is 2.00 bits per heavy atom. The smallest absolute Gasteiger partial charge is 0.317 e. The fourth-order valence-electron chi connectivity index (χ4n) is 5.73. The molecule has 30 heavy (non-hydrogen) atoms. The van der Waals surface area contributed by atoms with E-state index in [9.17, 15) is 9.18 Å². The summed E-state index contributed by atoms with van der Waals surface area (Å²) in [5.74, 6) is 0.363. The molecule has 3 aliphatic rings. The van der Waals surface area contributed by atoms with Gasteiger partial charge >= 0.3 is 6.03 Å². The van der Waals surface area contributed by atoms with Gasteiger partial charge in [-0.05, 0) is 66.8 Å². The summed E-state index contributed by atoms with van der Waals surface area (Å²) >= 11 is 0. The van der Waals surface area contributed by atoms with E-state index in [1.807, 2.05) is 24.3 Å². The number of nitrogens with zero attached hydrogens (tertiary/aromatic N) is 2. The summed E-state index contributed by atoms with van der Waals surface area (Å²) in [7, 11) is 0. The van der Waals surface area contributed by atoms with Gasteiger partial charge in [-0.25, -0.2) is 9.18 Å². The zero-order chi connectivity index (χ0) is 20.5. The van der Waals surface area contributed by atoms with Crippen molar-refractivity contribution in [1.82, 2.24) is 15.1 Å². The third-order valence-corrected chi connectivity index (χ3v) is 7.22. The zero-order valence-corrected chi connectivity index (χ0v) is 17.4. The van der Waals surface area contributed by atoms with Crippen molar-refractivity contribution in [3.8, 4) is 0 Å². The van der Waals surface area contributed by atoms with E-state index in [1.54, 1.807) is 12.1 Å². The fourth-order valence-corrected chi connectivity index (χ4v) is 5.73. The van der Waals surface area contributed by atoms with E-state index >= 15 is 0 Å². The summed E-state index contributed by atoms with van der Waals surface area (Å²) in [5, 5.41) is 3.15. The van der Waals surface area contributed by atoms with Crippen molar-refractivity contribution >= 4 is 6.03 Å². The minimum absolute atomic E-state index is 0.0596. The first kappa shape index (κ1) is 19.6. The molecule has 2 amide bonds. The lowest BCUT2D eigenvalue weighted by molar-refractivity contribution is 0.00568. The highest BCUT2D eigenvalue weighted by molar-refractivity contribution is 5.74. The van der Waals surface area contributed by atoms with Crippen LogP contribution >= 0.6 is 0 Å². The number of carbonyl (C=O) groups is 1. The summed E-state index contributed by atoms with van der Waals surface area (Å²) in [6.07, 6.45) is 4.99. The van der Waals surface area contributed by atoms with Crippen LogP contribution in [0.1, 0.15) is 42.0 Å².